The molecule has 1 aliphatic heterocycles. The van der Waals surface area contributed by atoms with Gasteiger partial charge in [-0.2, -0.15) is 0 Å². The highest BCUT2D eigenvalue weighted by molar-refractivity contribution is 5.85. The van der Waals surface area contributed by atoms with Crippen molar-refractivity contribution >= 4 is 12.4 Å². The minimum Gasteiger partial charge on any atom is -0.316 e. The fourth-order valence-corrected chi connectivity index (χ4v) is 2.58. The zero-order valence-electron chi connectivity index (χ0n) is 12.6. The van der Waals surface area contributed by atoms with Crippen molar-refractivity contribution < 1.29 is 0 Å². The van der Waals surface area contributed by atoms with Crippen LogP contribution in [0.5, 0.6) is 0 Å². The SMILES string of the molecule is CNC1CCN(Cc2ccc(C(C)(C)C)cc2)C1.Cl. The highest BCUT2D eigenvalue weighted by atomic mass is 35.5. The minimum atomic E-state index is 0. The van der Waals surface area contributed by atoms with Crippen LogP contribution in [0.25, 0.3) is 0 Å². The van der Waals surface area contributed by atoms with Gasteiger partial charge in [-0.05, 0) is 30.0 Å². The lowest BCUT2D eigenvalue weighted by atomic mass is 9.87. The van der Waals surface area contributed by atoms with Crippen LogP contribution in [-0.2, 0) is 12.0 Å². The maximum atomic E-state index is 3.37. The van der Waals surface area contributed by atoms with Gasteiger partial charge in [0.15, 0.2) is 0 Å². The van der Waals surface area contributed by atoms with E-state index >= 15 is 0 Å². The monoisotopic (exact) mass is 282 g/mol. The molecule has 3 heteroatoms. The summed E-state index contributed by atoms with van der Waals surface area (Å²) in [6, 6.07) is 9.81. The molecule has 1 saturated heterocycles. The Morgan fingerprint density at radius 3 is 2.32 bits per heavy atom. The van der Waals surface area contributed by atoms with Gasteiger partial charge >= 0.3 is 0 Å². The van der Waals surface area contributed by atoms with Crippen molar-refractivity contribution in [1.82, 2.24) is 10.2 Å². The molecule has 1 heterocycles. The minimum absolute atomic E-state index is 0. The van der Waals surface area contributed by atoms with E-state index in [1.165, 1.54) is 30.6 Å². The van der Waals surface area contributed by atoms with Crippen LogP contribution in [0.4, 0.5) is 0 Å². The standard InChI is InChI=1S/C16H26N2.ClH/c1-16(2,3)14-7-5-13(6-8-14)11-18-10-9-15(12-18)17-4;/h5-8,15,17H,9-12H2,1-4H3;1H. The van der Waals surface area contributed by atoms with Crippen LogP contribution in [0.2, 0.25) is 0 Å². The van der Waals surface area contributed by atoms with Gasteiger partial charge in [0.25, 0.3) is 0 Å². The van der Waals surface area contributed by atoms with Gasteiger partial charge in [-0.1, -0.05) is 45.0 Å². The second-order valence-electron chi connectivity index (χ2n) is 6.46. The molecule has 1 aromatic carbocycles. The third kappa shape index (κ3) is 4.48. The number of benzene rings is 1. The van der Waals surface area contributed by atoms with Crippen molar-refractivity contribution in [2.75, 3.05) is 20.1 Å². The molecule has 0 aliphatic carbocycles. The lowest BCUT2D eigenvalue weighted by Gasteiger charge is -2.20. The van der Waals surface area contributed by atoms with Gasteiger partial charge in [-0.3, -0.25) is 4.90 Å². The molecule has 2 rings (SSSR count). The summed E-state index contributed by atoms with van der Waals surface area (Å²) >= 11 is 0. The van der Waals surface area contributed by atoms with E-state index in [2.05, 4.69) is 62.3 Å². The van der Waals surface area contributed by atoms with E-state index in [1.807, 2.05) is 0 Å². The van der Waals surface area contributed by atoms with Gasteiger partial charge in [0, 0.05) is 25.7 Å². The van der Waals surface area contributed by atoms with E-state index < -0.39 is 0 Å². The van der Waals surface area contributed by atoms with Crippen molar-refractivity contribution in [1.29, 1.82) is 0 Å². The zero-order chi connectivity index (χ0) is 13.2. The molecular weight excluding hydrogens is 256 g/mol. The van der Waals surface area contributed by atoms with E-state index in [9.17, 15) is 0 Å². The second kappa shape index (κ2) is 6.74. The molecule has 1 fully saturated rings. The molecule has 108 valence electrons. The van der Waals surface area contributed by atoms with Crippen molar-refractivity contribution in [3.63, 3.8) is 0 Å². The smallest absolute Gasteiger partial charge is 0.0234 e. The number of likely N-dealkylation sites (N-methyl/N-ethyl adjacent to an activating group) is 1. The number of hydrogen-bond donors (Lipinski definition) is 1. The highest BCUT2D eigenvalue weighted by Crippen LogP contribution is 2.23. The zero-order valence-corrected chi connectivity index (χ0v) is 13.4. The van der Waals surface area contributed by atoms with Crippen molar-refractivity contribution in [3.05, 3.63) is 35.4 Å². The van der Waals surface area contributed by atoms with Crippen LogP contribution in [0.15, 0.2) is 24.3 Å². The number of hydrogen-bond acceptors (Lipinski definition) is 2. The van der Waals surface area contributed by atoms with E-state index in [4.69, 9.17) is 0 Å². The molecule has 1 N–H and O–H groups in total. The molecule has 1 atom stereocenters. The van der Waals surface area contributed by atoms with Gasteiger partial charge in [-0.25, -0.2) is 0 Å². The molecule has 0 amide bonds. The van der Waals surface area contributed by atoms with Crippen molar-refractivity contribution in [2.24, 2.45) is 0 Å². The topological polar surface area (TPSA) is 15.3 Å². The molecule has 1 aliphatic rings. The Morgan fingerprint density at radius 2 is 1.84 bits per heavy atom. The number of likely N-dealkylation sites (tertiary alicyclic amines) is 1. The molecule has 0 bridgehead atoms. The fraction of sp³-hybridized carbons (Fsp3) is 0.625. The summed E-state index contributed by atoms with van der Waals surface area (Å²) in [6.45, 7) is 10.3. The van der Waals surface area contributed by atoms with E-state index in [0.717, 1.165) is 6.54 Å². The number of nitrogens with one attached hydrogen (secondary N) is 1. The molecule has 2 nitrogen and oxygen atoms in total. The molecule has 0 spiro atoms. The number of halogens is 1. The Bertz CT molecular complexity index is 381. The van der Waals surface area contributed by atoms with Crippen molar-refractivity contribution in [3.8, 4) is 0 Å². The molecule has 0 saturated carbocycles. The van der Waals surface area contributed by atoms with Crippen LogP contribution >= 0.6 is 12.4 Å². The van der Waals surface area contributed by atoms with Gasteiger partial charge < -0.3 is 5.32 Å². The first-order valence-corrected chi connectivity index (χ1v) is 6.98. The summed E-state index contributed by atoms with van der Waals surface area (Å²) < 4.78 is 0. The fourth-order valence-electron chi connectivity index (χ4n) is 2.58. The van der Waals surface area contributed by atoms with E-state index in [-0.39, 0.29) is 17.8 Å². The summed E-state index contributed by atoms with van der Waals surface area (Å²) in [7, 11) is 2.06. The Balaban J connectivity index is 0.00000180. The summed E-state index contributed by atoms with van der Waals surface area (Å²) in [4.78, 5) is 2.53. The third-order valence-electron chi connectivity index (χ3n) is 3.91. The van der Waals surface area contributed by atoms with Gasteiger partial charge in [0.2, 0.25) is 0 Å². The van der Waals surface area contributed by atoms with Crippen LogP contribution in [-0.4, -0.2) is 31.1 Å². The summed E-state index contributed by atoms with van der Waals surface area (Å²) in [5.74, 6) is 0. The molecule has 1 unspecified atom stereocenters. The molecular formula is C16H27ClN2. The van der Waals surface area contributed by atoms with Gasteiger partial charge in [-0.15, -0.1) is 12.4 Å². The first kappa shape index (κ1) is 16.5. The van der Waals surface area contributed by atoms with Crippen molar-refractivity contribution in [2.45, 2.75) is 45.2 Å². The number of nitrogens with zero attached hydrogens (tertiary/aromatic N) is 1. The lowest BCUT2D eigenvalue weighted by molar-refractivity contribution is 0.322. The van der Waals surface area contributed by atoms with Crippen LogP contribution in [0.1, 0.15) is 38.3 Å². The van der Waals surface area contributed by atoms with Crippen LogP contribution in [0, 0.1) is 0 Å². The maximum absolute atomic E-state index is 3.37. The Labute approximate surface area is 124 Å². The average molecular weight is 283 g/mol. The summed E-state index contributed by atoms with van der Waals surface area (Å²) in [5, 5.41) is 3.37. The molecule has 1 aromatic rings. The predicted molar refractivity (Wildman–Crippen MR) is 85.1 cm³/mol. The summed E-state index contributed by atoms with van der Waals surface area (Å²) in [6.07, 6.45) is 1.27. The molecule has 19 heavy (non-hydrogen) atoms. The second-order valence-corrected chi connectivity index (χ2v) is 6.46. The average Bonchev–Trinajstić information content (AvgIpc) is 2.76. The van der Waals surface area contributed by atoms with Crippen LogP contribution in [0.3, 0.4) is 0 Å². The Morgan fingerprint density at radius 1 is 1.21 bits per heavy atom. The molecule has 0 radical (unpaired) electrons. The normalized spacial score (nSPS) is 20.3. The molecule has 0 aromatic heterocycles. The van der Waals surface area contributed by atoms with Crippen LogP contribution < -0.4 is 5.32 Å². The highest BCUT2D eigenvalue weighted by Gasteiger charge is 2.20. The first-order valence-electron chi connectivity index (χ1n) is 6.98. The van der Waals surface area contributed by atoms with E-state index in [0.29, 0.717) is 6.04 Å². The lowest BCUT2D eigenvalue weighted by Crippen LogP contribution is -2.29. The maximum Gasteiger partial charge on any atom is 0.0234 e. The first-order chi connectivity index (χ1) is 8.49. The quantitative estimate of drug-likeness (QED) is 0.916. The Hall–Kier alpha value is -0.570. The predicted octanol–water partition coefficient (Wildman–Crippen LogP) is 3.20. The largest absolute Gasteiger partial charge is 0.316 e. The van der Waals surface area contributed by atoms with Gasteiger partial charge in [0.05, 0.1) is 0 Å². The third-order valence-corrected chi connectivity index (χ3v) is 3.91. The van der Waals surface area contributed by atoms with Gasteiger partial charge in [0.1, 0.15) is 0 Å². The summed E-state index contributed by atoms with van der Waals surface area (Å²) in [5.41, 5.74) is 3.10. The number of rotatable bonds is 3. The van der Waals surface area contributed by atoms with E-state index in [1.54, 1.807) is 0 Å². The Kier molecular flexibility index (Phi) is 5.84.